The van der Waals surface area contributed by atoms with Gasteiger partial charge < -0.3 is 90.2 Å². The minimum absolute atomic E-state index is 0. The third kappa shape index (κ3) is 24.6. The number of halogens is 1. The summed E-state index contributed by atoms with van der Waals surface area (Å²) in [7, 11) is 12.7. The number of likely N-dealkylation sites (tertiary alicyclic amines) is 3. The van der Waals surface area contributed by atoms with Gasteiger partial charge in [-0.25, -0.2) is 44.3 Å². The van der Waals surface area contributed by atoms with Crippen LogP contribution in [0.4, 0.5) is 31.4 Å². The van der Waals surface area contributed by atoms with Crippen LogP contribution in [0.25, 0.3) is 66.5 Å². The Labute approximate surface area is 748 Å². The number of para-hydroxylation sites is 3. The molecule has 15 rings (SSSR count). The van der Waals surface area contributed by atoms with Gasteiger partial charge in [-0.05, 0) is 178 Å². The van der Waals surface area contributed by atoms with Gasteiger partial charge in [-0.1, -0.05) is 103 Å². The molecule has 3 fully saturated rings. The topological polar surface area (TPSA) is 383 Å². The first-order valence-corrected chi connectivity index (χ1v) is 40.2. The molecule has 6 aromatic carbocycles. The van der Waals surface area contributed by atoms with E-state index in [2.05, 4.69) is 34.5 Å². The Hall–Kier alpha value is -12.7. The molecule has 31 nitrogen and oxygen atoms in total. The molecule has 3 aliphatic rings. The number of aliphatic hydroxyl groups excluding tert-OH is 1. The van der Waals surface area contributed by atoms with E-state index in [-0.39, 0.29) is 65.5 Å². The third-order valence-electron chi connectivity index (χ3n) is 19.7. The summed E-state index contributed by atoms with van der Waals surface area (Å²) in [5.41, 5.74) is 24.0. The molecule has 33 heteroatoms. The van der Waals surface area contributed by atoms with Gasteiger partial charge in [0.2, 0.25) is 23.6 Å². The molecular formula is C92H109FN17NaO14. The van der Waals surface area contributed by atoms with E-state index in [4.69, 9.17) is 65.7 Å². The van der Waals surface area contributed by atoms with Gasteiger partial charge in [0.25, 0.3) is 0 Å². The van der Waals surface area contributed by atoms with Crippen LogP contribution in [-0.2, 0) is 19.1 Å². The first-order valence-electron chi connectivity index (χ1n) is 40.2. The maximum absolute atomic E-state index is 16.1. The molecule has 0 bridgehead atoms. The van der Waals surface area contributed by atoms with E-state index in [1.807, 2.05) is 235 Å². The van der Waals surface area contributed by atoms with Gasteiger partial charge in [-0.3, -0.25) is 18.5 Å². The molecule has 6 aromatic heterocycles. The molecule has 3 aliphatic heterocycles. The minimum Gasteiger partial charge on any atom is -0.857 e. The number of aliphatic hydroxyl groups is 1. The fourth-order valence-corrected chi connectivity index (χ4v) is 14.4. The molecule has 0 saturated carbocycles. The Balaban J connectivity index is 0.000000197. The number of carboxylic acids is 1. The van der Waals surface area contributed by atoms with Crippen LogP contribution < -0.4 is 75.5 Å². The average molecular weight is 1720 g/mol. The van der Waals surface area contributed by atoms with Crippen LogP contribution in [0.15, 0.2) is 207 Å². The minimum atomic E-state index is -0.892. The molecule has 125 heavy (non-hydrogen) atoms. The SMILES string of the molecule is CC(C)(C)OC(=O)N1CC[C@@H](n2c(F)c(-c3ccc(Oc4ccccc4)cc3)c3c(N)ncnc32)C1.CN(C)C/C=C/C(=O)O.CO.COc1c(-c2ccc(Oc3ccccc3)cc2)c2c(N)ncnc2n1[C@@H]1CCN(C(=O)/C=C/CN(C)C)C1.COc1c(-c2ccc(Oc3ccccc3)cc2)c2c(N)ncnc2n1[C@@H]1CCN(C(=O)OC(C)(C)C)C1.C[O-].[Na+]. The molecule has 654 valence electrons. The summed E-state index contributed by atoms with van der Waals surface area (Å²) >= 11 is 0. The summed E-state index contributed by atoms with van der Waals surface area (Å²) in [6.07, 6.45) is 11.9. The van der Waals surface area contributed by atoms with Gasteiger partial charge >= 0.3 is 47.7 Å². The fourth-order valence-electron chi connectivity index (χ4n) is 14.4. The second kappa shape index (κ2) is 44.6. The van der Waals surface area contributed by atoms with Crippen LogP contribution in [0, 0.1) is 5.95 Å². The number of amides is 3. The maximum atomic E-state index is 16.1. The maximum Gasteiger partial charge on any atom is 1.00 e. The van der Waals surface area contributed by atoms with Crippen LogP contribution >= 0.6 is 0 Å². The predicted octanol–water partition coefficient (Wildman–Crippen LogP) is 11.6. The van der Waals surface area contributed by atoms with Crippen molar-refractivity contribution in [3.8, 4) is 79.6 Å². The number of nitrogens with zero attached hydrogens (tertiary/aromatic N) is 14. The molecule has 0 radical (unpaired) electrons. The largest absolute Gasteiger partial charge is 1.00 e. The number of carboxylic acid groups (broad SMARTS) is 1. The van der Waals surface area contributed by atoms with Crippen molar-refractivity contribution in [3.63, 3.8) is 0 Å². The molecule has 12 aromatic rings. The first kappa shape index (κ1) is 96.1. The number of fused-ring (bicyclic) bond motifs is 3. The fraction of sp³-hybridized carbons (Fsp3) is 0.326. The number of methoxy groups -OCH3 is 2. The Morgan fingerprint density at radius 2 is 0.752 bits per heavy atom. The summed E-state index contributed by atoms with van der Waals surface area (Å²) in [6, 6.07) is 51.0. The molecule has 3 atom stereocenters. The molecular weight excluding hydrogens is 1610 g/mol. The quantitative estimate of drug-likeness (QED) is 0.0349. The van der Waals surface area contributed by atoms with E-state index in [1.165, 1.54) is 23.5 Å². The van der Waals surface area contributed by atoms with E-state index in [1.54, 1.807) is 60.4 Å². The van der Waals surface area contributed by atoms with Crippen LogP contribution in [0.3, 0.4) is 0 Å². The second-order valence-electron chi connectivity index (χ2n) is 31.4. The Bertz CT molecular complexity index is 5610. The Morgan fingerprint density at radius 3 is 1.08 bits per heavy atom. The summed E-state index contributed by atoms with van der Waals surface area (Å²) in [5, 5.41) is 25.3. The number of nitrogens with two attached hydrogens (primary N) is 3. The van der Waals surface area contributed by atoms with Gasteiger partial charge in [0.1, 0.15) is 99.1 Å². The van der Waals surface area contributed by atoms with Crippen molar-refractivity contribution in [1.29, 1.82) is 0 Å². The number of anilines is 3. The van der Waals surface area contributed by atoms with E-state index in [0.717, 1.165) is 78.0 Å². The zero-order valence-corrected chi connectivity index (χ0v) is 75.3. The Morgan fingerprint density at radius 1 is 0.456 bits per heavy atom. The van der Waals surface area contributed by atoms with Gasteiger partial charge in [-0.2, -0.15) is 11.5 Å². The molecule has 0 unspecified atom stereocenters. The monoisotopic (exact) mass is 1720 g/mol. The molecule has 3 amide bonds. The first-order chi connectivity index (χ1) is 59.5. The number of ether oxygens (including phenoxy) is 7. The number of aliphatic carboxylic acids is 1. The van der Waals surface area contributed by atoms with Crippen molar-refractivity contribution in [2.24, 2.45) is 0 Å². The molecule has 8 N–H and O–H groups in total. The van der Waals surface area contributed by atoms with Gasteiger partial charge in [0, 0.05) is 77.2 Å². The van der Waals surface area contributed by atoms with Gasteiger partial charge in [-0.15, -0.1) is 0 Å². The number of hydrogen-bond acceptors (Lipinski definition) is 24. The standard InChI is InChI=1S/C29H32N6O3.C28H31N5O4.C27H28FN5O3.C6H11NO2.CH4O.CH3O.Na/c1-33(2)16-7-10-24(36)34-17-15-21(18-34)35-28-26(27(30)31-19-32-28)25(29(35)37-3)20-11-13-23(14-12-20)38-22-8-5-4-6-9-22;1-28(2,3)37-27(34)32-15-14-19(16-32)33-25-23(24(29)30-17-31-25)22(26(33)35-4)18-10-12-21(13-11-18)36-20-8-6-5-7-9-20;1-27(2,3)36-26(34)32-14-13-18(15-32)33-23(28)21(22-24(29)30-16-31-25(22)33)17-9-11-20(12-10-17)35-19-7-5-4-6-8-19;1-7(2)5-3-4-6(8)9;2*1-2;/h4-14,19,21H,15-18H2,1-3H3,(H2,30,31,32);5-13,17,19H,14-16H2,1-4H3,(H2,29,30,31);4-12,16,18H,13-15H2,1-3H3,(H2,29,30,31);3-4H,5H2,1-2H3,(H,8,9);2H,1H3;1H3;/q;;;;;-1;+1/b10-7+;;;4-3+;;;/t21-;19-;18-;;;;/m111..../s1. The molecule has 9 heterocycles. The Kier molecular flexibility index (Phi) is 34.3. The zero-order valence-electron chi connectivity index (χ0n) is 73.3. The number of nitrogen functional groups attached to an aromatic ring is 3. The van der Waals surface area contributed by atoms with Crippen molar-refractivity contribution >= 4 is 74.6 Å². The van der Waals surface area contributed by atoms with Crippen molar-refractivity contribution < 1.29 is 102 Å². The molecule has 0 spiro atoms. The zero-order chi connectivity index (χ0) is 89.5. The number of rotatable bonds is 20. The molecule has 0 aliphatic carbocycles. The van der Waals surface area contributed by atoms with E-state index in [0.29, 0.717) is 138 Å². The number of benzene rings is 6. The average Bonchev–Trinajstić information content (AvgIpc) is 1.60. The van der Waals surface area contributed by atoms with Crippen LogP contribution in [-0.4, -0.2) is 223 Å². The van der Waals surface area contributed by atoms with E-state index < -0.39 is 29.2 Å². The summed E-state index contributed by atoms with van der Waals surface area (Å²) in [6.45, 7) is 15.5. The van der Waals surface area contributed by atoms with Gasteiger partial charge in [0.15, 0.2) is 0 Å². The summed E-state index contributed by atoms with van der Waals surface area (Å²) in [4.78, 5) is 83.2. The number of carbonyl (C=O) groups excluding carboxylic acids is 3. The number of likely N-dealkylation sites (N-methyl/N-ethyl adjacent to an activating group) is 2. The third-order valence-corrected chi connectivity index (χ3v) is 19.7. The van der Waals surface area contributed by atoms with Crippen molar-refractivity contribution in [3.05, 3.63) is 213 Å². The predicted molar refractivity (Wildman–Crippen MR) is 475 cm³/mol. The van der Waals surface area contributed by atoms with Crippen molar-refractivity contribution in [2.75, 3.05) is 126 Å². The number of hydrogen-bond donors (Lipinski definition) is 5. The van der Waals surface area contributed by atoms with Crippen molar-refractivity contribution in [1.82, 2.24) is 68.1 Å². The summed E-state index contributed by atoms with van der Waals surface area (Å²) in [5.74, 6) is 5.15. The number of carbonyl (C=O) groups is 4. The van der Waals surface area contributed by atoms with Crippen molar-refractivity contribution in [2.45, 2.75) is 90.1 Å². The van der Waals surface area contributed by atoms with Crippen LogP contribution in [0.2, 0.25) is 0 Å². The van der Waals surface area contributed by atoms with Crippen LogP contribution in [0.1, 0.15) is 78.9 Å². The summed E-state index contributed by atoms with van der Waals surface area (Å²) < 4.78 is 62.6. The van der Waals surface area contributed by atoms with Crippen LogP contribution in [0.5, 0.6) is 46.3 Å². The second-order valence-corrected chi connectivity index (χ2v) is 31.4. The normalized spacial score (nSPS) is 14.8. The number of aromatic nitrogens is 9. The van der Waals surface area contributed by atoms with E-state index in [9.17, 15) is 19.2 Å². The van der Waals surface area contributed by atoms with Gasteiger partial charge in [0.05, 0.1) is 59.6 Å². The van der Waals surface area contributed by atoms with E-state index >= 15 is 4.39 Å². The smallest absolute Gasteiger partial charge is 0.857 e. The molecule has 3 saturated heterocycles.